The van der Waals surface area contributed by atoms with E-state index in [1.54, 1.807) is 0 Å². The van der Waals surface area contributed by atoms with E-state index in [0.717, 1.165) is 0 Å². The summed E-state index contributed by atoms with van der Waals surface area (Å²) in [7, 11) is 0. The van der Waals surface area contributed by atoms with Gasteiger partial charge in [0.05, 0.1) is 12.6 Å². The van der Waals surface area contributed by atoms with Gasteiger partial charge in [-0.1, -0.05) is 6.92 Å². The maximum atomic E-state index is 12.3. The summed E-state index contributed by atoms with van der Waals surface area (Å²) >= 11 is 0. The van der Waals surface area contributed by atoms with Gasteiger partial charge in [-0.25, -0.2) is 0 Å². The lowest BCUT2D eigenvalue weighted by molar-refractivity contribution is -0.153. The maximum Gasteiger partial charge on any atom is 0.401 e. The van der Waals surface area contributed by atoms with Crippen LogP contribution in [-0.2, 0) is 0 Å². The molecule has 0 aromatic rings. The second-order valence-electron chi connectivity index (χ2n) is 3.88. The Bertz CT molecular complexity index is 198. The van der Waals surface area contributed by atoms with Crippen LogP contribution in [0.5, 0.6) is 0 Å². The van der Waals surface area contributed by atoms with Gasteiger partial charge in [-0.05, 0) is 13.0 Å². The molecule has 1 aliphatic heterocycles. The minimum absolute atomic E-state index is 0.364. The zero-order valence-corrected chi connectivity index (χ0v) is 8.72. The van der Waals surface area contributed by atoms with Crippen molar-refractivity contribution in [2.24, 2.45) is 0 Å². The van der Waals surface area contributed by atoms with Crippen molar-refractivity contribution in [2.45, 2.75) is 31.7 Å². The number of nitrogens with zero attached hydrogens (tertiary/aromatic N) is 1. The highest BCUT2D eigenvalue weighted by atomic mass is 19.4. The third-order valence-corrected chi connectivity index (χ3v) is 2.51. The number of hydrogen-bond acceptors (Lipinski definition) is 3. The first-order valence-electron chi connectivity index (χ1n) is 5.13. The zero-order valence-electron chi connectivity index (χ0n) is 8.72. The van der Waals surface area contributed by atoms with Gasteiger partial charge < -0.3 is 10.4 Å². The van der Waals surface area contributed by atoms with Crippen LogP contribution in [0.4, 0.5) is 13.2 Å². The van der Waals surface area contributed by atoms with Gasteiger partial charge in [-0.3, -0.25) is 4.90 Å². The lowest BCUT2D eigenvalue weighted by Crippen LogP contribution is -2.47. The molecule has 0 amide bonds. The summed E-state index contributed by atoms with van der Waals surface area (Å²) < 4.78 is 36.8. The highest BCUT2D eigenvalue weighted by Gasteiger charge is 2.37. The Morgan fingerprint density at radius 1 is 1.40 bits per heavy atom. The van der Waals surface area contributed by atoms with Crippen molar-refractivity contribution in [3.63, 3.8) is 0 Å². The summed E-state index contributed by atoms with van der Waals surface area (Å²) in [6.07, 6.45) is -4.24. The van der Waals surface area contributed by atoms with E-state index in [1.165, 1.54) is 4.90 Å². The van der Waals surface area contributed by atoms with Crippen molar-refractivity contribution >= 4 is 0 Å². The summed E-state index contributed by atoms with van der Waals surface area (Å²) in [4.78, 5) is 1.31. The molecule has 2 unspecified atom stereocenters. The van der Waals surface area contributed by atoms with Crippen LogP contribution in [0.2, 0.25) is 0 Å². The molecule has 90 valence electrons. The second kappa shape index (κ2) is 5.14. The van der Waals surface area contributed by atoms with E-state index < -0.39 is 24.9 Å². The molecule has 1 saturated heterocycles. The molecule has 1 aliphatic rings. The van der Waals surface area contributed by atoms with Crippen LogP contribution in [0.3, 0.4) is 0 Å². The molecule has 0 aromatic heterocycles. The van der Waals surface area contributed by atoms with Crippen molar-refractivity contribution in [1.29, 1.82) is 0 Å². The summed E-state index contributed by atoms with van der Waals surface area (Å²) in [6, 6.07) is -0.411. The number of β-amino-alcohol motifs (C(OH)–C–C–N with tert-alkyl or cyclic N) is 1. The normalized spacial score (nSPS) is 27.6. The van der Waals surface area contributed by atoms with Gasteiger partial charge in [0.1, 0.15) is 0 Å². The molecule has 2 atom stereocenters. The molecular formula is C9H17F3N2O. The highest BCUT2D eigenvalue weighted by molar-refractivity contribution is 4.89. The first-order chi connectivity index (χ1) is 6.94. The Morgan fingerprint density at radius 3 is 2.47 bits per heavy atom. The molecule has 0 saturated carbocycles. The number of aliphatic hydroxyl groups is 1. The van der Waals surface area contributed by atoms with Crippen LogP contribution in [0.15, 0.2) is 0 Å². The van der Waals surface area contributed by atoms with Crippen LogP contribution in [-0.4, -0.2) is 54.5 Å². The number of aliphatic hydroxyl groups excluding tert-OH is 1. The molecule has 3 nitrogen and oxygen atoms in total. The third-order valence-electron chi connectivity index (χ3n) is 2.51. The van der Waals surface area contributed by atoms with E-state index in [4.69, 9.17) is 0 Å². The van der Waals surface area contributed by atoms with Crippen LogP contribution in [0.1, 0.15) is 13.3 Å². The fraction of sp³-hybridized carbons (Fsp3) is 1.00. The van der Waals surface area contributed by atoms with Crippen molar-refractivity contribution in [2.75, 3.05) is 26.2 Å². The van der Waals surface area contributed by atoms with E-state index in [2.05, 4.69) is 5.32 Å². The Hall–Kier alpha value is -0.330. The highest BCUT2D eigenvalue weighted by Crippen LogP contribution is 2.20. The van der Waals surface area contributed by atoms with Gasteiger partial charge in [0.25, 0.3) is 0 Å². The predicted molar refractivity (Wildman–Crippen MR) is 50.6 cm³/mol. The van der Waals surface area contributed by atoms with Crippen molar-refractivity contribution < 1.29 is 18.3 Å². The molecule has 6 heteroatoms. The van der Waals surface area contributed by atoms with E-state index in [1.807, 2.05) is 6.92 Å². The average molecular weight is 226 g/mol. The molecule has 1 fully saturated rings. The summed E-state index contributed by atoms with van der Waals surface area (Å²) in [5, 5.41) is 12.4. The van der Waals surface area contributed by atoms with Crippen LogP contribution in [0, 0.1) is 0 Å². The molecule has 0 spiro atoms. The van der Waals surface area contributed by atoms with E-state index in [0.29, 0.717) is 26.1 Å². The minimum atomic E-state index is -4.20. The Morgan fingerprint density at radius 2 is 2.07 bits per heavy atom. The largest absolute Gasteiger partial charge is 0.401 e. The molecule has 2 N–H and O–H groups in total. The Labute approximate surface area is 87.3 Å². The van der Waals surface area contributed by atoms with Crippen LogP contribution < -0.4 is 5.32 Å². The van der Waals surface area contributed by atoms with Gasteiger partial charge in [0.15, 0.2) is 0 Å². The van der Waals surface area contributed by atoms with Crippen molar-refractivity contribution in [3.8, 4) is 0 Å². The molecule has 0 aromatic carbocycles. The minimum Gasteiger partial charge on any atom is -0.390 e. The topological polar surface area (TPSA) is 35.5 Å². The van der Waals surface area contributed by atoms with Crippen LogP contribution >= 0.6 is 0 Å². The molecule has 15 heavy (non-hydrogen) atoms. The van der Waals surface area contributed by atoms with Gasteiger partial charge in [0, 0.05) is 19.1 Å². The Kier molecular flexibility index (Phi) is 4.36. The first kappa shape index (κ1) is 12.7. The summed E-state index contributed by atoms with van der Waals surface area (Å²) in [5.41, 5.74) is 0. The number of hydrogen-bond donors (Lipinski definition) is 2. The molecular weight excluding hydrogens is 209 g/mol. The lowest BCUT2D eigenvalue weighted by atomic mass is 10.1. The fourth-order valence-corrected chi connectivity index (χ4v) is 1.90. The van der Waals surface area contributed by atoms with Crippen LogP contribution in [0.25, 0.3) is 0 Å². The predicted octanol–water partition coefficient (Wildman–Crippen LogP) is 0.593. The smallest absolute Gasteiger partial charge is 0.390 e. The van der Waals surface area contributed by atoms with Gasteiger partial charge in [-0.15, -0.1) is 0 Å². The third kappa shape index (κ3) is 3.96. The summed E-state index contributed by atoms with van der Waals surface area (Å²) in [6.45, 7) is 2.06. The van der Waals surface area contributed by atoms with Crippen molar-refractivity contribution in [1.82, 2.24) is 10.2 Å². The molecule has 0 aliphatic carbocycles. The Balaban J connectivity index is 2.56. The van der Waals surface area contributed by atoms with E-state index in [9.17, 15) is 18.3 Å². The van der Waals surface area contributed by atoms with Gasteiger partial charge >= 0.3 is 6.18 Å². The molecule has 1 rings (SSSR count). The van der Waals surface area contributed by atoms with Gasteiger partial charge in [0.2, 0.25) is 0 Å². The number of nitrogens with one attached hydrogen (secondary N) is 1. The SMILES string of the molecule is CCCN(CC(F)(F)F)C1CNCC1O. The van der Waals surface area contributed by atoms with E-state index >= 15 is 0 Å². The maximum absolute atomic E-state index is 12.3. The lowest BCUT2D eigenvalue weighted by Gasteiger charge is -2.30. The van der Waals surface area contributed by atoms with Crippen molar-refractivity contribution in [3.05, 3.63) is 0 Å². The number of rotatable bonds is 4. The molecule has 0 bridgehead atoms. The zero-order chi connectivity index (χ0) is 11.5. The first-order valence-corrected chi connectivity index (χ1v) is 5.13. The van der Waals surface area contributed by atoms with E-state index in [-0.39, 0.29) is 0 Å². The average Bonchev–Trinajstić information content (AvgIpc) is 2.48. The number of alkyl halides is 3. The second-order valence-corrected chi connectivity index (χ2v) is 3.88. The number of halogens is 3. The monoisotopic (exact) mass is 226 g/mol. The van der Waals surface area contributed by atoms with Gasteiger partial charge in [-0.2, -0.15) is 13.2 Å². The quantitative estimate of drug-likeness (QED) is 0.736. The fourth-order valence-electron chi connectivity index (χ4n) is 1.90. The summed E-state index contributed by atoms with van der Waals surface area (Å²) in [5.74, 6) is 0. The molecule has 0 radical (unpaired) electrons. The molecule has 1 heterocycles. The standard InChI is InChI=1S/C9H17F3N2O/c1-2-3-14(6-9(10,11)12)7-4-13-5-8(7)15/h7-8,13,15H,2-6H2,1H3.